The Labute approximate surface area is 164 Å². The van der Waals surface area contributed by atoms with Crippen molar-refractivity contribution in [2.75, 3.05) is 7.11 Å². The zero-order valence-electron chi connectivity index (χ0n) is 14.7. The van der Waals surface area contributed by atoms with Gasteiger partial charge >= 0.3 is 11.7 Å². The lowest BCUT2D eigenvalue weighted by Gasteiger charge is -2.08. The fourth-order valence-corrected chi connectivity index (χ4v) is 2.49. The molecule has 3 aromatic rings. The van der Waals surface area contributed by atoms with E-state index < -0.39 is 11.7 Å². The average Bonchev–Trinajstić information content (AvgIpc) is 2.69. The van der Waals surface area contributed by atoms with Gasteiger partial charge in [0.1, 0.15) is 0 Å². The Bertz CT molecular complexity index is 1050. The lowest BCUT2D eigenvalue weighted by molar-refractivity contribution is 0.199. The Morgan fingerprint density at radius 2 is 1.93 bits per heavy atom. The highest BCUT2D eigenvalue weighted by Gasteiger charge is 2.12. The van der Waals surface area contributed by atoms with Crippen LogP contribution in [0.4, 0.5) is 4.79 Å². The summed E-state index contributed by atoms with van der Waals surface area (Å²) in [4.78, 5) is 23.9. The first-order valence-corrected chi connectivity index (χ1v) is 8.51. The van der Waals surface area contributed by atoms with Gasteiger partial charge in [0.2, 0.25) is 5.75 Å². The monoisotopic (exact) mass is 401 g/mol. The van der Waals surface area contributed by atoms with Crippen molar-refractivity contribution in [1.29, 1.82) is 0 Å². The molecule has 0 fully saturated rings. The molecule has 3 N–H and O–H groups in total. The molecule has 9 heteroatoms. The number of aromatic nitrogens is 2. The molecule has 0 saturated carbocycles. The third-order valence-corrected chi connectivity index (χ3v) is 4.05. The van der Waals surface area contributed by atoms with Gasteiger partial charge in [0.25, 0.3) is 0 Å². The van der Waals surface area contributed by atoms with E-state index in [0.29, 0.717) is 16.3 Å². The number of phenolic OH excluding ortho intramolecular Hbond substituents is 1. The molecule has 0 radical (unpaired) electrons. The van der Waals surface area contributed by atoms with Crippen molar-refractivity contribution in [2.45, 2.75) is 6.54 Å². The number of H-pyrrole nitrogens is 1. The van der Waals surface area contributed by atoms with E-state index in [2.05, 4.69) is 15.5 Å². The molecule has 0 atom stereocenters. The molecule has 1 aromatic heterocycles. The van der Waals surface area contributed by atoms with Crippen LogP contribution in [-0.4, -0.2) is 28.5 Å². The number of carbonyl (C=O) groups is 1. The van der Waals surface area contributed by atoms with Crippen LogP contribution in [-0.2, 0) is 6.54 Å². The van der Waals surface area contributed by atoms with Gasteiger partial charge in [0.05, 0.1) is 12.8 Å². The molecule has 0 aliphatic carbocycles. The minimum atomic E-state index is -0.791. The second-order valence-corrected chi connectivity index (χ2v) is 6.14. The molecule has 1 heterocycles. The number of aromatic amines is 1. The molecule has 0 aliphatic rings. The third kappa shape index (κ3) is 4.60. The zero-order chi connectivity index (χ0) is 20.1. The van der Waals surface area contributed by atoms with Crippen LogP contribution in [0.15, 0.2) is 53.3 Å². The van der Waals surface area contributed by atoms with Gasteiger partial charge in [-0.25, -0.2) is 9.89 Å². The smallest absolute Gasteiger partial charge is 0.413 e. The second-order valence-electron chi connectivity index (χ2n) is 5.70. The first-order chi connectivity index (χ1) is 13.5. The number of methoxy groups -OCH3 is 1. The summed E-state index contributed by atoms with van der Waals surface area (Å²) >= 11 is 5.81. The van der Waals surface area contributed by atoms with Gasteiger partial charge in [-0.1, -0.05) is 23.7 Å². The summed E-state index contributed by atoms with van der Waals surface area (Å²) in [5, 5.41) is 19.0. The molecule has 0 aliphatic heterocycles. The van der Waals surface area contributed by atoms with Gasteiger partial charge in [0.15, 0.2) is 11.5 Å². The summed E-state index contributed by atoms with van der Waals surface area (Å²) in [6, 6.07) is 12.8. The number of rotatable bonds is 5. The number of benzene rings is 2. The van der Waals surface area contributed by atoms with E-state index in [-0.39, 0.29) is 23.8 Å². The van der Waals surface area contributed by atoms with Crippen molar-refractivity contribution in [3.05, 3.63) is 69.5 Å². The van der Waals surface area contributed by atoms with Crippen LogP contribution < -0.4 is 20.3 Å². The maximum Gasteiger partial charge on any atom is 0.413 e. The van der Waals surface area contributed by atoms with Crippen molar-refractivity contribution >= 4 is 17.7 Å². The van der Waals surface area contributed by atoms with Crippen molar-refractivity contribution < 1.29 is 19.4 Å². The quantitative estimate of drug-likeness (QED) is 0.605. The van der Waals surface area contributed by atoms with Crippen LogP contribution >= 0.6 is 11.6 Å². The number of nitrogens with one attached hydrogen (secondary N) is 2. The first kappa shape index (κ1) is 19.2. The van der Waals surface area contributed by atoms with Crippen LogP contribution in [0.3, 0.4) is 0 Å². The number of ether oxygens (including phenoxy) is 2. The molecule has 28 heavy (non-hydrogen) atoms. The predicted octanol–water partition coefficient (Wildman–Crippen LogP) is 3.09. The Balaban J connectivity index is 1.73. The number of hydrogen-bond donors (Lipinski definition) is 3. The molecule has 8 nitrogen and oxygen atoms in total. The third-order valence-electron chi connectivity index (χ3n) is 3.80. The van der Waals surface area contributed by atoms with Crippen molar-refractivity contribution in [3.8, 4) is 28.5 Å². The lowest BCUT2D eigenvalue weighted by atomic mass is 10.1. The number of nitrogens with zero attached hydrogens (tertiary/aromatic N) is 1. The number of hydrogen-bond acceptors (Lipinski definition) is 6. The number of aromatic hydroxyl groups is 1. The predicted molar refractivity (Wildman–Crippen MR) is 103 cm³/mol. The Kier molecular flexibility index (Phi) is 5.81. The fraction of sp³-hybridized carbons (Fsp3) is 0.105. The normalized spacial score (nSPS) is 10.4. The lowest BCUT2D eigenvalue weighted by Crippen LogP contribution is -2.28. The topological polar surface area (TPSA) is 114 Å². The van der Waals surface area contributed by atoms with E-state index in [9.17, 15) is 14.7 Å². The van der Waals surface area contributed by atoms with Crippen molar-refractivity contribution in [1.82, 2.24) is 15.5 Å². The van der Waals surface area contributed by atoms with Gasteiger partial charge in [-0.05, 0) is 35.9 Å². The average molecular weight is 402 g/mol. The fourth-order valence-electron chi connectivity index (χ4n) is 2.36. The minimum Gasteiger partial charge on any atom is -0.504 e. The van der Waals surface area contributed by atoms with Crippen LogP contribution in [0.25, 0.3) is 11.3 Å². The molecule has 0 unspecified atom stereocenters. The summed E-state index contributed by atoms with van der Waals surface area (Å²) in [5.41, 5.74) is 1.05. The maximum atomic E-state index is 12.0. The van der Waals surface area contributed by atoms with E-state index in [1.54, 1.807) is 36.4 Å². The summed E-state index contributed by atoms with van der Waals surface area (Å²) < 4.78 is 10.1. The largest absolute Gasteiger partial charge is 0.504 e. The molecule has 1 amide bonds. The summed E-state index contributed by atoms with van der Waals surface area (Å²) in [7, 11) is 1.42. The van der Waals surface area contributed by atoms with Gasteiger partial charge < -0.3 is 19.9 Å². The summed E-state index contributed by atoms with van der Waals surface area (Å²) in [6.45, 7) is 0.209. The summed E-state index contributed by atoms with van der Waals surface area (Å²) in [6.07, 6.45) is -0.791. The molecular formula is C19H16ClN3O5. The maximum absolute atomic E-state index is 12.0. The first-order valence-electron chi connectivity index (χ1n) is 8.13. The molecular weight excluding hydrogens is 386 g/mol. The van der Waals surface area contributed by atoms with Crippen LogP contribution in [0.2, 0.25) is 5.02 Å². The van der Waals surface area contributed by atoms with Crippen LogP contribution in [0.1, 0.15) is 5.56 Å². The number of halogens is 1. The highest BCUT2D eigenvalue weighted by Crippen LogP contribution is 2.30. The van der Waals surface area contributed by atoms with Crippen LogP contribution in [0, 0.1) is 0 Å². The molecule has 144 valence electrons. The molecule has 0 spiro atoms. The standard InChI is InChI=1S/C19H16ClN3O5/c1-27-16-8-12(4-7-15(16)24)14-9-17(18(25)23-22-14)28-19(26)21-10-11-2-5-13(20)6-3-11/h2-9,24H,10H2,1H3,(H,21,26)(H,23,25). The highest BCUT2D eigenvalue weighted by atomic mass is 35.5. The SMILES string of the molecule is COc1cc(-c2cc(OC(=O)NCc3ccc(Cl)cc3)c(=O)[nH]n2)ccc1O. The number of carbonyl (C=O) groups excluding carboxylic acids is 1. The molecule has 0 saturated heterocycles. The Morgan fingerprint density at radius 3 is 2.64 bits per heavy atom. The number of amides is 1. The number of phenols is 1. The van der Waals surface area contributed by atoms with Crippen molar-refractivity contribution in [2.24, 2.45) is 0 Å². The zero-order valence-corrected chi connectivity index (χ0v) is 15.5. The van der Waals surface area contributed by atoms with E-state index in [1.807, 2.05) is 0 Å². The van der Waals surface area contributed by atoms with Gasteiger partial charge in [0, 0.05) is 23.2 Å². The van der Waals surface area contributed by atoms with E-state index in [4.69, 9.17) is 21.1 Å². The summed E-state index contributed by atoms with van der Waals surface area (Å²) in [5.74, 6) is -0.00644. The Hall–Kier alpha value is -3.52. The van der Waals surface area contributed by atoms with Gasteiger partial charge in [-0.3, -0.25) is 4.79 Å². The van der Waals surface area contributed by atoms with E-state index in [1.165, 1.54) is 19.2 Å². The molecule has 2 aromatic carbocycles. The van der Waals surface area contributed by atoms with E-state index in [0.717, 1.165) is 5.56 Å². The van der Waals surface area contributed by atoms with Gasteiger partial charge in [-0.15, -0.1) is 0 Å². The van der Waals surface area contributed by atoms with Crippen LogP contribution in [0.5, 0.6) is 17.2 Å². The second kappa shape index (κ2) is 8.45. The van der Waals surface area contributed by atoms with Gasteiger partial charge in [-0.2, -0.15) is 5.10 Å². The Morgan fingerprint density at radius 1 is 1.18 bits per heavy atom. The van der Waals surface area contributed by atoms with Crippen molar-refractivity contribution in [3.63, 3.8) is 0 Å². The van der Waals surface area contributed by atoms with E-state index >= 15 is 0 Å². The molecule has 3 rings (SSSR count). The minimum absolute atomic E-state index is 0.0336. The molecule has 0 bridgehead atoms. The highest BCUT2D eigenvalue weighted by molar-refractivity contribution is 6.30.